The van der Waals surface area contributed by atoms with E-state index in [4.69, 9.17) is 4.74 Å². The van der Waals surface area contributed by atoms with Crippen molar-refractivity contribution in [2.75, 3.05) is 13.2 Å². The highest BCUT2D eigenvalue weighted by atomic mass is 16.6. The quantitative estimate of drug-likeness (QED) is 0.438. The van der Waals surface area contributed by atoms with Gasteiger partial charge in [0.25, 0.3) is 0 Å². The number of rotatable bonds is 0. The van der Waals surface area contributed by atoms with Crippen molar-refractivity contribution in [2.45, 2.75) is 6.04 Å². The van der Waals surface area contributed by atoms with Crippen LogP contribution in [0.2, 0.25) is 0 Å². The van der Waals surface area contributed by atoms with Crippen LogP contribution in [0.5, 0.6) is 0 Å². The molecule has 0 aliphatic carbocycles. The zero-order valence-electron chi connectivity index (χ0n) is 4.91. The number of hydrogen-bond donors (Lipinski definition) is 0. The van der Waals surface area contributed by atoms with Crippen molar-refractivity contribution in [3.63, 3.8) is 0 Å². The number of cyclic esters (lactones) is 1. The molecule has 0 radical (unpaired) electrons. The molecule has 3 nitrogen and oxygen atoms in total. The molecule has 2 aliphatic rings. The summed E-state index contributed by atoms with van der Waals surface area (Å²) in [7, 11) is 0. The molecule has 0 spiro atoms. The number of hydrogen-bond acceptors (Lipinski definition) is 2. The van der Waals surface area contributed by atoms with Gasteiger partial charge in [-0.05, 0) is 0 Å². The second kappa shape index (κ2) is 1.50. The standard InChI is InChI=1S/C6H7NO2/c8-6-7-3-1-2-5(7)4-9-6/h1-2,5H,3-4H2. The smallest absolute Gasteiger partial charge is 0.410 e. The Labute approximate surface area is 52.9 Å². The number of fused-ring (bicyclic) bond motifs is 1. The zero-order chi connectivity index (χ0) is 6.27. The van der Waals surface area contributed by atoms with Gasteiger partial charge in [-0.3, -0.25) is 4.90 Å². The third kappa shape index (κ3) is 0.542. The lowest BCUT2D eigenvalue weighted by Crippen LogP contribution is -2.27. The Bertz CT molecular complexity index is 176. The van der Waals surface area contributed by atoms with Gasteiger partial charge in [-0.15, -0.1) is 0 Å². The fraction of sp³-hybridized carbons (Fsp3) is 0.500. The molecule has 0 aromatic rings. The predicted molar refractivity (Wildman–Crippen MR) is 31.0 cm³/mol. The Hall–Kier alpha value is -0.990. The van der Waals surface area contributed by atoms with Gasteiger partial charge in [-0.1, -0.05) is 12.2 Å². The third-order valence-corrected chi connectivity index (χ3v) is 1.67. The first-order chi connectivity index (χ1) is 4.38. The van der Waals surface area contributed by atoms with Crippen LogP contribution < -0.4 is 0 Å². The first-order valence-corrected chi connectivity index (χ1v) is 2.98. The van der Waals surface area contributed by atoms with Gasteiger partial charge in [0.15, 0.2) is 0 Å². The van der Waals surface area contributed by atoms with Crippen LogP contribution in [0.15, 0.2) is 12.2 Å². The highest BCUT2D eigenvalue weighted by molar-refractivity contribution is 5.71. The SMILES string of the molecule is O=C1OCC2C=CCN12. The fourth-order valence-electron chi connectivity index (χ4n) is 1.17. The van der Waals surface area contributed by atoms with Crippen LogP contribution in [0.25, 0.3) is 0 Å². The van der Waals surface area contributed by atoms with E-state index in [0.717, 1.165) is 6.54 Å². The van der Waals surface area contributed by atoms with Crippen LogP contribution in [-0.2, 0) is 4.74 Å². The van der Waals surface area contributed by atoms with Crippen molar-refractivity contribution in [1.29, 1.82) is 0 Å². The van der Waals surface area contributed by atoms with E-state index in [2.05, 4.69) is 0 Å². The summed E-state index contributed by atoms with van der Waals surface area (Å²) in [5.74, 6) is 0. The normalized spacial score (nSPS) is 30.9. The van der Waals surface area contributed by atoms with Crippen LogP contribution in [0, 0.1) is 0 Å². The van der Waals surface area contributed by atoms with Crippen molar-refractivity contribution in [1.82, 2.24) is 4.90 Å². The number of carbonyl (C=O) groups excluding carboxylic acids is 1. The van der Waals surface area contributed by atoms with Crippen LogP contribution in [0.1, 0.15) is 0 Å². The maximum atomic E-state index is 10.7. The summed E-state index contributed by atoms with van der Waals surface area (Å²) in [6.45, 7) is 1.26. The third-order valence-electron chi connectivity index (χ3n) is 1.67. The summed E-state index contributed by atoms with van der Waals surface area (Å²) >= 11 is 0. The van der Waals surface area contributed by atoms with Crippen LogP contribution in [-0.4, -0.2) is 30.2 Å². The molecule has 9 heavy (non-hydrogen) atoms. The Morgan fingerprint density at radius 3 is 3.44 bits per heavy atom. The van der Waals surface area contributed by atoms with E-state index in [9.17, 15) is 4.79 Å². The Morgan fingerprint density at radius 1 is 1.78 bits per heavy atom. The number of carbonyl (C=O) groups is 1. The van der Waals surface area contributed by atoms with E-state index >= 15 is 0 Å². The summed E-state index contributed by atoms with van der Waals surface area (Å²) in [6, 6.07) is 0.234. The van der Waals surface area contributed by atoms with Gasteiger partial charge in [-0.2, -0.15) is 0 Å². The van der Waals surface area contributed by atoms with Crippen LogP contribution in [0.3, 0.4) is 0 Å². The Kier molecular flexibility index (Phi) is 0.806. The Morgan fingerprint density at radius 2 is 2.67 bits per heavy atom. The minimum atomic E-state index is -0.176. The van der Waals surface area contributed by atoms with Crippen molar-refractivity contribution < 1.29 is 9.53 Å². The second-order valence-electron chi connectivity index (χ2n) is 2.22. The maximum absolute atomic E-state index is 10.7. The first-order valence-electron chi connectivity index (χ1n) is 2.98. The van der Waals surface area contributed by atoms with E-state index in [1.54, 1.807) is 4.90 Å². The molecule has 1 atom stereocenters. The molecule has 0 bridgehead atoms. The topological polar surface area (TPSA) is 29.5 Å². The summed E-state index contributed by atoms with van der Waals surface area (Å²) in [6.07, 6.45) is 3.82. The molecule has 0 aromatic carbocycles. The van der Waals surface area contributed by atoms with Gasteiger partial charge in [-0.25, -0.2) is 4.79 Å². The van der Waals surface area contributed by atoms with Gasteiger partial charge in [0.1, 0.15) is 6.61 Å². The monoisotopic (exact) mass is 125 g/mol. The van der Waals surface area contributed by atoms with Gasteiger partial charge < -0.3 is 4.74 Å². The van der Waals surface area contributed by atoms with Gasteiger partial charge in [0.2, 0.25) is 0 Å². The zero-order valence-corrected chi connectivity index (χ0v) is 4.91. The van der Waals surface area contributed by atoms with E-state index in [0.29, 0.717) is 6.61 Å². The van der Waals surface area contributed by atoms with Crippen LogP contribution in [0.4, 0.5) is 4.79 Å². The molecule has 48 valence electrons. The highest BCUT2D eigenvalue weighted by Gasteiger charge is 2.32. The molecule has 0 saturated carbocycles. The largest absolute Gasteiger partial charge is 0.447 e. The molecular weight excluding hydrogens is 118 g/mol. The van der Waals surface area contributed by atoms with Gasteiger partial charge in [0, 0.05) is 6.54 Å². The number of amides is 1. The number of nitrogens with zero attached hydrogens (tertiary/aromatic N) is 1. The summed E-state index contributed by atoms with van der Waals surface area (Å²) in [4.78, 5) is 12.4. The van der Waals surface area contributed by atoms with Crippen molar-refractivity contribution >= 4 is 6.09 Å². The van der Waals surface area contributed by atoms with E-state index < -0.39 is 0 Å². The molecule has 1 unspecified atom stereocenters. The predicted octanol–water partition coefficient (Wildman–Crippen LogP) is 0.377. The molecule has 3 heteroatoms. The summed E-state index contributed by atoms with van der Waals surface area (Å²) in [5.41, 5.74) is 0. The average molecular weight is 125 g/mol. The lowest BCUT2D eigenvalue weighted by molar-refractivity contribution is 0.161. The van der Waals surface area contributed by atoms with E-state index in [-0.39, 0.29) is 12.1 Å². The molecule has 2 heterocycles. The fourth-order valence-corrected chi connectivity index (χ4v) is 1.17. The summed E-state index contributed by atoms with van der Waals surface area (Å²) in [5, 5.41) is 0. The molecule has 1 saturated heterocycles. The molecule has 1 amide bonds. The van der Waals surface area contributed by atoms with E-state index in [1.165, 1.54) is 0 Å². The highest BCUT2D eigenvalue weighted by Crippen LogP contribution is 2.17. The lowest BCUT2D eigenvalue weighted by atomic mass is 10.3. The molecule has 0 aromatic heterocycles. The van der Waals surface area contributed by atoms with Crippen LogP contribution >= 0.6 is 0 Å². The average Bonchev–Trinajstić information content (AvgIpc) is 2.35. The van der Waals surface area contributed by atoms with Gasteiger partial charge in [0.05, 0.1) is 6.04 Å². The first kappa shape index (κ1) is 4.85. The maximum Gasteiger partial charge on any atom is 0.410 e. The molecule has 1 fully saturated rings. The second-order valence-corrected chi connectivity index (χ2v) is 2.22. The van der Waals surface area contributed by atoms with Gasteiger partial charge >= 0.3 is 6.09 Å². The molecule has 2 aliphatic heterocycles. The molecular formula is C6H7NO2. The van der Waals surface area contributed by atoms with Crippen molar-refractivity contribution in [3.8, 4) is 0 Å². The minimum Gasteiger partial charge on any atom is -0.447 e. The Balaban J connectivity index is 2.22. The van der Waals surface area contributed by atoms with Crippen molar-refractivity contribution in [2.24, 2.45) is 0 Å². The lowest BCUT2D eigenvalue weighted by Gasteiger charge is -2.08. The summed E-state index contributed by atoms with van der Waals surface area (Å²) < 4.78 is 4.76. The van der Waals surface area contributed by atoms with Crippen molar-refractivity contribution in [3.05, 3.63) is 12.2 Å². The molecule has 2 rings (SSSR count). The molecule has 0 N–H and O–H groups in total. The van der Waals surface area contributed by atoms with E-state index in [1.807, 2.05) is 12.2 Å². The number of ether oxygens (including phenoxy) is 1. The minimum absolute atomic E-state index is 0.176.